The van der Waals surface area contributed by atoms with Gasteiger partial charge in [0, 0.05) is 13.6 Å². The van der Waals surface area contributed by atoms with Crippen molar-refractivity contribution in [3.05, 3.63) is 6.92 Å². The topological polar surface area (TPSA) is 41.1 Å². The molecule has 0 atom stereocenters. The Morgan fingerprint density at radius 1 is 1.75 bits per heavy atom. The van der Waals surface area contributed by atoms with Gasteiger partial charge in [0.1, 0.15) is 0 Å². The Kier molecular flexibility index (Phi) is 4.03. The quantitative estimate of drug-likeness (QED) is 0.528. The van der Waals surface area contributed by atoms with E-state index in [0.29, 0.717) is 6.54 Å². The second kappa shape index (κ2) is 4.43. The van der Waals surface area contributed by atoms with E-state index in [4.69, 9.17) is 0 Å². The second-order valence-corrected chi connectivity index (χ2v) is 1.36. The van der Waals surface area contributed by atoms with Gasteiger partial charge in [-0.2, -0.15) is 0 Å². The molecule has 0 fully saturated rings. The summed E-state index contributed by atoms with van der Waals surface area (Å²) in [7, 11) is 1.58. The molecule has 0 heterocycles. The summed E-state index contributed by atoms with van der Waals surface area (Å²) in [5.41, 5.74) is 0. The minimum absolute atomic E-state index is 0.145. The van der Waals surface area contributed by atoms with Crippen molar-refractivity contribution in [2.75, 3.05) is 13.6 Å². The molecular weight excluding hydrogens is 104 g/mol. The molecule has 0 saturated heterocycles. The third kappa shape index (κ3) is 3.46. The average molecular weight is 115 g/mol. The van der Waals surface area contributed by atoms with E-state index in [9.17, 15) is 4.79 Å². The first kappa shape index (κ1) is 7.27. The Morgan fingerprint density at radius 3 is 2.75 bits per heavy atom. The minimum Gasteiger partial charge on any atom is -0.341 e. The van der Waals surface area contributed by atoms with Crippen molar-refractivity contribution in [2.24, 2.45) is 0 Å². The van der Waals surface area contributed by atoms with Crippen molar-refractivity contribution in [1.29, 1.82) is 0 Å². The van der Waals surface area contributed by atoms with E-state index in [1.165, 1.54) is 0 Å². The highest BCUT2D eigenvalue weighted by Gasteiger charge is 1.89. The number of carbonyl (C=O) groups excluding carboxylic acids is 1. The second-order valence-electron chi connectivity index (χ2n) is 1.36. The summed E-state index contributed by atoms with van der Waals surface area (Å²) in [6.45, 7) is 4.19. The standard InChI is InChI=1S/C5H11N2O/c1-3-4-7-5(8)6-2/h1,3-4H2,2H3,(H2,6,7,8). The molecule has 0 saturated carbocycles. The lowest BCUT2D eigenvalue weighted by molar-refractivity contribution is 0.243. The number of hydrogen-bond acceptors (Lipinski definition) is 1. The molecule has 0 aliphatic rings. The maximum atomic E-state index is 10.3. The van der Waals surface area contributed by atoms with Gasteiger partial charge in [0.15, 0.2) is 0 Å². The van der Waals surface area contributed by atoms with Crippen LogP contribution in [-0.2, 0) is 0 Å². The molecule has 2 N–H and O–H groups in total. The summed E-state index contributed by atoms with van der Waals surface area (Å²) >= 11 is 0. The molecule has 1 radical (unpaired) electrons. The van der Waals surface area contributed by atoms with E-state index in [1.54, 1.807) is 7.05 Å². The first-order chi connectivity index (χ1) is 3.81. The summed E-state index contributed by atoms with van der Waals surface area (Å²) in [5.74, 6) is 0. The maximum absolute atomic E-state index is 10.3. The average Bonchev–Trinajstić information content (AvgIpc) is 1.83. The zero-order chi connectivity index (χ0) is 6.41. The normalized spacial score (nSPS) is 8.25. The highest BCUT2D eigenvalue weighted by Crippen LogP contribution is 1.67. The molecule has 0 bridgehead atoms. The van der Waals surface area contributed by atoms with Gasteiger partial charge < -0.3 is 10.6 Å². The first-order valence-electron chi connectivity index (χ1n) is 2.56. The van der Waals surface area contributed by atoms with Gasteiger partial charge in [0.25, 0.3) is 0 Å². The van der Waals surface area contributed by atoms with E-state index in [-0.39, 0.29) is 6.03 Å². The molecular formula is C5H11N2O. The van der Waals surface area contributed by atoms with Gasteiger partial charge in [-0.05, 0) is 6.42 Å². The number of amides is 2. The zero-order valence-electron chi connectivity index (χ0n) is 5.03. The van der Waals surface area contributed by atoms with Gasteiger partial charge in [-0.3, -0.25) is 0 Å². The zero-order valence-corrected chi connectivity index (χ0v) is 5.03. The predicted octanol–water partition coefficient (Wildman–Crippen LogP) is 0.140. The van der Waals surface area contributed by atoms with Crippen molar-refractivity contribution in [2.45, 2.75) is 6.42 Å². The molecule has 0 spiro atoms. The minimum atomic E-state index is -0.145. The van der Waals surface area contributed by atoms with Crippen molar-refractivity contribution in [3.63, 3.8) is 0 Å². The summed E-state index contributed by atoms with van der Waals surface area (Å²) < 4.78 is 0. The molecule has 2 amide bonds. The molecule has 0 rings (SSSR count). The van der Waals surface area contributed by atoms with Crippen LogP contribution in [0.3, 0.4) is 0 Å². The van der Waals surface area contributed by atoms with Crippen LogP contribution in [0.4, 0.5) is 4.79 Å². The molecule has 47 valence electrons. The van der Waals surface area contributed by atoms with Crippen LogP contribution in [0.15, 0.2) is 0 Å². The van der Waals surface area contributed by atoms with Crippen LogP contribution in [0.2, 0.25) is 0 Å². The van der Waals surface area contributed by atoms with E-state index in [0.717, 1.165) is 6.42 Å². The lowest BCUT2D eigenvalue weighted by Gasteiger charge is -1.98. The first-order valence-corrected chi connectivity index (χ1v) is 2.56. The van der Waals surface area contributed by atoms with E-state index < -0.39 is 0 Å². The summed E-state index contributed by atoms with van der Waals surface area (Å²) in [5, 5.41) is 4.99. The van der Waals surface area contributed by atoms with Crippen LogP contribution in [0.5, 0.6) is 0 Å². The Balaban J connectivity index is 2.99. The van der Waals surface area contributed by atoms with Crippen LogP contribution in [0.1, 0.15) is 6.42 Å². The van der Waals surface area contributed by atoms with E-state index in [2.05, 4.69) is 17.6 Å². The van der Waals surface area contributed by atoms with Gasteiger partial charge >= 0.3 is 6.03 Å². The Labute approximate surface area is 49.5 Å². The SMILES string of the molecule is [CH2]CCNC(=O)NC. The maximum Gasteiger partial charge on any atom is 0.314 e. The van der Waals surface area contributed by atoms with Gasteiger partial charge in [0.05, 0.1) is 0 Å². The molecule has 0 unspecified atom stereocenters. The van der Waals surface area contributed by atoms with Crippen LogP contribution < -0.4 is 10.6 Å². The fraction of sp³-hybridized carbons (Fsp3) is 0.600. The van der Waals surface area contributed by atoms with Crippen LogP contribution >= 0.6 is 0 Å². The molecule has 0 aromatic carbocycles. The fourth-order valence-corrected chi connectivity index (χ4v) is 0.290. The molecule has 3 heteroatoms. The smallest absolute Gasteiger partial charge is 0.314 e. The summed E-state index contributed by atoms with van der Waals surface area (Å²) in [4.78, 5) is 10.3. The summed E-state index contributed by atoms with van der Waals surface area (Å²) in [6, 6.07) is -0.145. The molecule has 0 aliphatic heterocycles. The van der Waals surface area contributed by atoms with Crippen molar-refractivity contribution in [3.8, 4) is 0 Å². The third-order valence-electron chi connectivity index (χ3n) is 0.689. The number of hydrogen-bond donors (Lipinski definition) is 2. The van der Waals surface area contributed by atoms with Crippen molar-refractivity contribution in [1.82, 2.24) is 10.6 Å². The predicted molar refractivity (Wildman–Crippen MR) is 32.4 cm³/mol. The molecule has 8 heavy (non-hydrogen) atoms. The van der Waals surface area contributed by atoms with Crippen LogP contribution in [0.25, 0.3) is 0 Å². The van der Waals surface area contributed by atoms with E-state index >= 15 is 0 Å². The highest BCUT2D eigenvalue weighted by molar-refractivity contribution is 5.73. The fourth-order valence-electron chi connectivity index (χ4n) is 0.290. The molecule has 0 aromatic heterocycles. The van der Waals surface area contributed by atoms with Crippen LogP contribution in [-0.4, -0.2) is 19.6 Å². The van der Waals surface area contributed by atoms with Gasteiger partial charge in [-0.25, -0.2) is 4.79 Å². The Hall–Kier alpha value is -0.730. The van der Waals surface area contributed by atoms with Gasteiger partial charge in [0.2, 0.25) is 0 Å². The molecule has 0 aromatic rings. The number of rotatable bonds is 2. The van der Waals surface area contributed by atoms with Crippen LogP contribution in [0, 0.1) is 6.92 Å². The molecule has 0 aliphatic carbocycles. The monoisotopic (exact) mass is 115 g/mol. The van der Waals surface area contributed by atoms with Gasteiger partial charge in [-0.15, -0.1) is 0 Å². The lowest BCUT2D eigenvalue weighted by atomic mass is 10.5. The number of urea groups is 1. The Bertz CT molecular complexity index is 72.8. The van der Waals surface area contributed by atoms with Gasteiger partial charge in [-0.1, -0.05) is 6.92 Å². The van der Waals surface area contributed by atoms with Crippen molar-refractivity contribution >= 4 is 6.03 Å². The molecule has 3 nitrogen and oxygen atoms in total. The highest BCUT2D eigenvalue weighted by atomic mass is 16.2. The number of carbonyl (C=O) groups is 1. The number of nitrogens with one attached hydrogen (secondary N) is 2. The summed E-state index contributed by atoms with van der Waals surface area (Å²) in [6.07, 6.45) is 0.730. The lowest BCUT2D eigenvalue weighted by Crippen LogP contribution is -2.32. The van der Waals surface area contributed by atoms with E-state index in [1.807, 2.05) is 0 Å². The Morgan fingerprint density at radius 2 is 2.38 bits per heavy atom. The van der Waals surface area contributed by atoms with Crippen molar-refractivity contribution < 1.29 is 4.79 Å². The largest absolute Gasteiger partial charge is 0.341 e. The third-order valence-corrected chi connectivity index (χ3v) is 0.689.